The zero-order valence-corrected chi connectivity index (χ0v) is 10.5. The number of rotatable bonds is 4. The SMILES string of the molecule is Cc1cccnc1CN1CCOCC1CC(=O)O. The number of morpholine rings is 1. The average molecular weight is 250 g/mol. The molecule has 0 bridgehead atoms. The van der Waals surface area contributed by atoms with E-state index in [4.69, 9.17) is 9.84 Å². The third kappa shape index (κ3) is 3.27. The number of ether oxygens (including phenoxy) is 1. The molecular formula is C13H18N2O3. The van der Waals surface area contributed by atoms with E-state index in [9.17, 15) is 4.79 Å². The van der Waals surface area contributed by atoms with Gasteiger partial charge in [0.1, 0.15) is 0 Å². The molecule has 1 atom stereocenters. The van der Waals surface area contributed by atoms with Crippen LogP contribution in [-0.4, -0.2) is 46.8 Å². The summed E-state index contributed by atoms with van der Waals surface area (Å²) in [6.45, 7) is 4.61. The maximum absolute atomic E-state index is 10.8. The predicted molar refractivity (Wildman–Crippen MR) is 66.2 cm³/mol. The molecule has 98 valence electrons. The fourth-order valence-electron chi connectivity index (χ4n) is 2.16. The topological polar surface area (TPSA) is 62.7 Å². The van der Waals surface area contributed by atoms with Gasteiger partial charge < -0.3 is 9.84 Å². The number of aliphatic carboxylic acids is 1. The fourth-order valence-corrected chi connectivity index (χ4v) is 2.16. The Morgan fingerprint density at radius 1 is 1.67 bits per heavy atom. The van der Waals surface area contributed by atoms with E-state index in [2.05, 4.69) is 9.88 Å². The fraction of sp³-hybridized carbons (Fsp3) is 0.538. The van der Waals surface area contributed by atoms with E-state index in [1.54, 1.807) is 6.20 Å². The van der Waals surface area contributed by atoms with Gasteiger partial charge in [0.05, 0.1) is 25.3 Å². The van der Waals surface area contributed by atoms with Crippen molar-refractivity contribution >= 4 is 5.97 Å². The zero-order chi connectivity index (χ0) is 13.0. The maximum Gasteiger partial charge on any atom is 0.305 e. The van der Waals surface area contributed by atoms with Crippen molar-refractivity contribution in [3.63, 3.8) is 0 Å². The number of pyridine rings is 1. The van der Waals surface area contributed by atoms with Gasteiger partial charge in [-0.1, -0.05) is 6.07 Å². The molecule has 2 heterocycles. The molecule has 0 radical (unpaired) electrons. The van der Waals surface area contributed by atoms with Crippen molar-refractivity contribution in [3.8, 4) is 0 Å². The number of aromatic nitrogens is 1. The van der Waals surface area contributed by atoms with E-state index in [1.165, 1.54) is 0 Å². The number of carbonyl (C=O) groups is 1. The first kappa shape index (κ1) is 13.0. The molecule has 1 fully saturated rings. The van der Waals surface area contributed by atoms with Crippen LogP contribution in [0.4, 0.5) is 0 Å². The summed E-state index contributed by atoms with van der Waals surface area (Å²) in [5.41, 5.74) is 2.15. The second-order valence-corrected chi connectivity index (χ2v) is 4.56. The van der Waals surface area contributed by atoms with Crippen molar-refractivity contribution in [1.29, 1.82) is 0 Å². The van der Waals surface area contributed by atoms with Crippen LogP contribution in [0.25, 0.3) is 0 Å². The second-order valence-electron chi connectivity index (χ2n) is 4.56. The Morgan fingerprint density at radius 3 is 3.22 bits per heavy atom. The molecule has 0 aliphatic carbocycles. The van der Waals surface area contributed by atoms with E-state index in [0.29, 0.717) is 19.8 Å². The molecule has 1 N–H and O–H groups in total. The average Bonchev–Trinajstić information content (AvgIpc) is 2.34. The highest BCUT2D eigenvalue weighted by Gasteiger charge is 2.25. The minimum atomic E-state index is -0.784. The quantitative estimate of drug-likeness (QED) is 0.866. The van der Waals surface area contributed by atoms with Crippen molar-refractivity contribution in [3.05, 3.63) is 29.6 Å². The summed E-state index contributed by atoms with van der Waals surface area (Å²) in [6.07, 6.45) is 1.89. The highest BCUT2D eigenvalue weighted by molar-refractivity contribution is 5.67. The first-order valence-corrected chi connectivity index (χ1v) is 6.11. The van der Waals surface area contributed by atoms with E-state index in [-0.39, 0.29) is 12.5 Å². The van der Waals surface area contributed by atoms with E-state index in [0.717, 1.165) is 17.8 Å². The summed E-state index contributed by atoms with van der Waals surface area (Å²) in [7, 11) is 0. The van der Waals surface area contributed by atoms with Crippen molar-refractivity contribution in [2.45, 2.75) is 25.9 Å². The number of carboxylic acid groups (broad SMARTS) is 1. The van der Waals surface area contributed by atoms with Crippen LogP contribution in [0.2, 0.25) is 0 Å². The standard InChI is InChI=1S/C13H18N2O3/c1-10-3-2-4-14-12(10)8-15-5-6-18-9-11(15)7-13(16)17/h2-4,11H,5-9H2,1H3,(H,16,17). The molecule has 1 aliphatic heterocycles. The normalized spacial score (nSPS) is 20.8. The van der Waals surface area contributed by atoms with Crippen molar-refractivity contribution in [1.82, 2.24) is 9.88 Å². The zero-order valence-electron chi connectivity index (χ0n) is 10.5. The number of hydrogen-bond acceptors (Lipinski definition) is 4. The van der Waals surface area contributed by atoms with Gasteiger partial charge in [-0.25, -0.2) is 0 Å². The van der Waals surface area contributed by atoms with Gasteiger partial charge in [-0.2, -0.15) is 0 Å². The molecule has 1 unspecified atom stereocenters. The smallest absolute Gasteiger partial charge is 0.305 e. The number of nitrogens with zero attached hydrogens (tertiary/aromatic N) is 2. The molecule has 0 amide bonds. The van der Waals surface area contributed by atoms with E-state index < -0.39 is 5.97 Å². The molecule has 1 saturated heterocycles. The van der Waals surface area contributed by atoms with Crippen LogP contribution in [0, 0.1) is 6.92 Å². The molecule has 1 aromatic rings. The molecule has 0 saturated carbocycles. The van der Waals surface area contributed by atoms with Gasteiger partial charge in [0.25, 0.3) is 0 Å². The number of aryl methyl sites for hydroxylation is 1. The van der Waals surface area contributed by atoms with Crippen LogP contribution in [0.15, 0.2) is 18.3 Å². The lowest BCUT2D eigenvalue weighted by molar-refractivity contribution is -0.140. The summed E-state index contributed by atoms with van der Waals surface area (Å²) >= 11 is 0. The molecule has 1 aliphatic rings. The van der Waals surface area contributed by atoms with Crippen molar-refractivity contribution in [2.24, 2.45) is 0 Å². The molecule has 5 heteroatoms. The Kier molecular flexibility index (Phi) is 4.28. The molecule has 1 aromatic heterocycles. The Hall–Kier alpha value is -1.46. The van der Waals surface area contributed by atoms with Crippen LogP contribution in [-0.2, 0) is 16.1 Å². The second kappa shape index (κ2) is 5.93. The Labute approximate surface area is 106 Å². The summed E-state index contributed by atoms with van der Waals surface area (Å²) in [6, 6.07) is 3.87. The third-order valence-electron chi connectivity index (χ3n) is 3.23. The lowest BCUT2D eigenvalue weighted by atomic mass is 10.1. The van der Waals surface area contributed by atoms with Crippen LogP contribution in [0.1, 0.15) is 17.7 Å². The molecule has 18 heavy (non-hydrogen) atoms. The minimum absolute atomic E-state index is 0.0577. The molecule has 2 rings (SSSR count). The minimum Gasteiger partial charge on any atom is -0.481 e. The lowest BCUT2D eigenvalue weighted by Crippen LogP contribution is -2.46. The van der Waals surface area contributed by atoms with E-state index in [1.807, 2.05) is 19.1 Å². The first-order chi connectivity index (χ1) is 8.66. The van der Waals surface area contributed by atoms with Crippen LogP contribution >= 0.6 is 0 Å². The first-order valence-electron chi connectivity index (χ1n) is 6.11. The van der Waals surface area contributed by atoms with Crippen LogP contribution in [0.5, 0.6) is 0 Å². The number of carboxylic acids is 1. The monoisotopic (exact) mass is 250 g/mol. The Bertz CT molecular complexity index is 422. The molecule has 5 nitrogen and oxygen atoms in total. The van der Waals surface area contributed by atoms with Crippen molar-refractivity contribution < 1.29 is 14.6 Å². The highest BCUT2D eigenvalue weighted by atomic mass is 16.5. The van der Waals surface area contributed by atoms with Gasteiger partial charge >= 0.3 is 5.97 Å². The Morgan fingerprint density at radius 2 is 2.50 bits per heavy atom. The van der Waals surface area contributed by atoms with Gasteiger partial charge in [-0.15, -0.1) is 0 Å². The van der Waals surface area contributed by atoms with Crippen LogP contribution < -0.4 is 0 Å². The summed E-state index contributed by atoms with van der Waals surface area (Å²) in [4.78, 5) is 17.3. The van der Waals surface area contributed by atoms with E-state index >= 15 is 0 Å². The molecule has 0 spiro atoms. The highest BCUT2D eigenvalue weighted by Crippen LogP contribution is 2.15. The van der Waals surface area contributed by atoms with Crippen LogP contribution in [0.3, 0.4) is 0 Å². The third-order valence-corrected chi connectivity index (χ3v) is 3.23. The largest absolute Gasteiger partial charge is 0.481 e. The summed E-state index contributed by atoms with van der Waals surface area (Å²) in [5, 5.41) is 8.91. The van der Waals surface area contributed by atoms with Crippen molar-refractivity contribution in [2.75, 3.05) is 19.8 Å². The lowest BCUT2D eigenvalue weighted by Gasteiger charge is -2.34. The van der Waals surface area contributed by atoms with Gasteiger partial charge in [-0.3, -0.25) is 14.7 Å². The summed E-state index contributed by atoms with van der Waals surface area (Å²) in [5.74, 6) is -0.784. The predicted octanol–water partition coefficient (Wildman–Crippen LogP) is 1.07. The molecule has 0 aromatic carbocycles. The van der Waals surface area contributed by atoms with Gasteiger partial charge in [0, 0.05) is 25.3 Å². The number of hydrogen-bond donors (Lipinski definition) is 1. The Balaban J connectivity index is 2.05. The maximum atomic E-state index is 10.8. The molecular weight excluding hydrogens is 232 g/mol. The summed E-state index contributed by atoms with van der Waals surface area (Å²) < 4.78 is 5.36. The van der Waals surface area contributed by atoms with Gasteiger partial charge in [-0.05, 0) is 18.6 Å². The van der Waals surface area contributed by atoms with Gasteiger partial charge in [0.15, 0.2) is 0 Å². The van der Waals surface area contributed by atoms with Gasteiger partial charge in [0.2, 0.25) is 0 Å².